The third-order valence-electron chi connectivity index (χ3n) is 2.01. The van der Waals surface area contributed by atoms with Crippen molar-refractivity contribution in [1.29, 1.82) is 0 Å². The minimum absolute atomic E-state index is 0.0667. The van der Waals surface area contributed by atoms with Crippen LogP contribution in [0.5, 0.6) is 0 Å². The highest BCUT2D eigenvalue weighted by molar-refractivity contribution is 7.89. The Morgan fingerprint density at radius 3 is 2.87 bits per heavy atom. The van der Waals surface area contributed by atoms with E-state index >= 15 is 0 Å². The lowest BCUT2D eigenvalue weighted by molar-refractivity contribution is 0.524. The maximum atomic E-state index is 11.7. The summed E-state index contributed by atoms with van der Waals surface area (Å²) in [6.07, 6.45) is 3.00. The van der Waals surface area contributed by atoms with Crippen molar-refractivity contribution in [1.82, 2.24) is 14.9 Å². The summed E-state index contributed by atoms with van der Waals surface area (Å²) >= 11 is 0. The van der Waals surface area contributed by atoms with Gasteiger partial charge in [0.15, 0.2) is 5.03 Å². The van der Waals surface area contributed by atoms with E-state index in [0.29, 0.717) is 6.54 Å². The number of sulfonamides is 1. The van der Waals surface area contributed by atoms with Crippen LogP contribution in [0, 0.1) is 0 Å². The lowest BCUT2D eigenvalue weighted by atomic mass is 10.2. The van der Waals surface area contributed by atoms with E-state index in [1.807, 2.05) is 6.92 Å². The van der Waals surface area contributed by atoms with Crippen LogP contribution in [0.3, 0.4) is 0 Å². The minimum Gasteiger partial charge on any atom is -0.329 e. The molecule has 1 aromatic rings. The predicted molar refractivity (Wildman–Crippen MR) is 56.7 cm³/mol. The molecule has 0 radical (unpaired) electrons. The van der Waals surface area contributed by atoms with Crippen LogP contribution < -0.4 is 10.5 Å². The minimum atomic E-state index is -3.50. The number of hydrogen-bond acceptors (Lipinski definition) is 4. The van der Waals surface area contributed by atoms with E-state index in [1.165, 1.54) is 12.3 Å². The van der Waals surface area contributed by atoms with Gasteiger partial charge in [-0.1, -0.05) is 13.3 Å². The monoisotopic (exact) mass is 232 g/mol. The molecule has 1 aromatic heterocycles. The first-order valence-corrected chi connectivity index (χ1v) is 6.30. The molecule has 0 aliphatic rings. The third kappa shape index (κ3) is 3.29. The van der Waals surface area contributed by atoms with Crippen molar-refractivity contribution >= 4 is 10.0 Å². The molecule has 0 fully saturated rings. The quantitative estimate of drug-likeness (QED) is 0.633. The Labute approximate surface area is 89.3 Å². The summed E-state index contributed by atoms with van der Waals surface area (Å²) in [5.74, 6) is 0. The molecule has 1 rings (SSSR count). The molecule has 6 nitrogen and oxygen atoms in total. The van der Waals surface area contributed by atoms with Crippen molar-refractivity contribution in [2.24, 2.45) is 5.73 Å². The van der Waals surface area contributed by atoms with E-state index < -0.39 is 10.0 Å². The molecule has 15 heavy (non-hydrogen) atoms. The average Bonchev–Trinajstić information content (AvgIpc) is 2.70. The molecule has 86 valence electrons. The molecule has 0 spiro atoms. The molecule has 0 saturated carbocycles. The van der Waals surface area contributed by atoms with Gasteiger partial charge in [-0.3, -0.25) is 5.10 Å². The van der Waals surface area contributed by atoms with Crippen LogP contribution in [0.15, 0.2) is 17.3 Å². The zero-order valence-corrected chi connectivity index (χ0v) is 9.42. The van der Waals surface area contributed by atoms with Crippen LogP contribution in [0.25, 0.3) is 0 Å². The standard InChI is InChI=1S/C8H16N4O2S/c1-2-3-7(6-9)12-15(13,14)8-4-5-10-11-8/h4-5,7,12H,2-3,6,9H2,1H3,(H,10,11). The van der Waals surface area contributed by atoms with Gasteiger partial charge in [0, 0.05) is 12.6 Å². The van der Waals surface area contributed by atoms with Crippen LogP contribution in [0.2, 0.25) is 0 Å². The lowest BCUT2D eigenvalue weighted by Gasteiger charge is -2.14. The van der Waals surface area contributed by atoms with Crippen LogP contribution in [0.4, 0.5) is 0 Å². The van der Waals surface area contributed by atoms with Crippen LogP contribution in [0.1, 0.15) is 19.8 Å². The molecular formula is C8H16N4O2S. The molecule has 0 aliphatic carbocycles. The van der Waals surface area contributed by atoms with Gasteiger partial charge in [0.25, 0.3) is 10.0 Å². The van der Waals surface area contributed by atoms with E-state index in [-0.39, 0.29) is 11.1 Å². The highest BCUT2D eigenvalue weighted by atomic mass is 32.2. The molecule has 0 amide bonds. The second-order valence-electron chi connectivity index (χ2n) is 3.26. The van der Waals surface area contributed by atoms with E-state index in [2.05, 4.69) is 14.9 Å². The first-order valence-electron chi connectivity index (χ1n) is 4.82. The summed E-state index contributed by atoms with van der Waals surface area (Å²) in [4.78, 5) is 0. The Kier molecular flexibility index (Phi) is 4.25. The molecule has 0 bridgehead atoms. The Hall–Kier alpha value is -0.920. The van der Waals surface area contributed by atoms with Gasteiger partial charge in [0.1, 0.15) is 0 Å². The Morgan fingerprint density at radius 2 is 2.40 bits per heavy atom. The summed E-state index contributed by atoms with van der Waals surface area (Å²) < 4.78 is 25.9. The van der Waals surface area contributed by atoms with Crippen molar-refractivity contribution < 1.29 is 8.42 Å². The summed E-state index contributed by atoms with van der Waals surface area (Å²) in [6, 6.07) is 1.19. The number of aromatic nitrogens is 2. The van der Waals surface area contributed by atoms with Gasteiger partial charge >= 0.3 is 0 Å². The number of hydrogen-bond donors (Lipinski definition) is 3. The van der Waals surface area contributed by atoms with Crippen molar-refractivity contribution in [3.63, 3.8) is 0 Å². The molecule has 0 aromatic carbocycles. The van der Waals surface area contributed by atoms with Gasteiger partial charge in [-0.05, 0) is 12.5 Å². The highest BCUT2D eigenvalue weighted by Crippen LogP contribution is 2.05. The van der Waals surface area contributed by atoms with Gasteiger partial charge in [-0.2, -0.15) is 5.10 Å². The fourth-order valence-electron chi connectivity index (χ4n) is 1.25. The average molecular weight is 232 g/mol. The van der Waals surface area contributed by atoms with Crippen molar-refractivity contribution in [2.75, 3.05) is 6.54 Å². The van der Waals surface area contributed by atoms with E-state index in [0.717, 1.165) is 12.8 Å². The molecule has 1 atom stereocenters. The first kappa shape index (κ1) is 12.2. The predicted octanol–water partition coefficient (Wildman–Crippen LogP) is -0.185. The first-order chi connectivity index (χ1) is 7.10. The number of aromatic amines is 1. The highest BCUT2D eigenvalue weighted by Gasteiger charge is 2.19. The number of nitrogens with two attached hydrogens (primary N) is 1. The molecule has 1 unspecified atom stereocenters. The smallest absolute Gasteiger partial charge is 0.257 e. The SMILES string of the molecule is CCCC(CN)NS(=O)(=O)c1ccn[nH]1. The fourth-order valence-corrected chi connectivity index (χ4v) is 2.44. The zero-order chi connectivity index (χ0) is 11.3. The Morgan fingerprint density at radius 1 is 1.67 bits per heavy atom. The number of H-pyrrole nitrogens is 1. The topological polar surface area (TPSA) is 101 Å². The third-order valence-corrected chi connectivity index (χ3v) is 3.46. The maximum Gasteiger partial charge on any atom is 0.257 e. The Bertz CT molecular complexity index is 373. The van der Waals surface area contributed by atoms with E-state index in [9.17, 15) is 8.42 Å². The van der Waals surface area contributed by atoms with Crippen molar-refractivity contribution in [3.8, 4) is 0 Å². The molecule has 0 aliphatic heterocycles. The number of nitrogens with zero attached hydrogens (tertiary/aromatic N) is 1. The van der Waals surface area contributed by atoms with Crippen LogP contribution in [-0.2, 0) is 10.0 Å². The second kappa shape index (κ2) is 5.24. The van der Waals surface area contributed by atoms with E-state index in [4.69, 9.17) is 5.73 Å². The molecular weight excluding hydrogens is 216 g/mol. The summed E-state index contributed by atoms with van der Waals surface area (Å²) in [6.45, 7) is 2.27. The van der Waals surface area contributed by atoms with E-state index in [1.54, 1.807) is 0 Å². The molecule has 7 heteroatoms. The van der Waals surface area contributed by atoms with Crippen molar-refractivity contribution in [2.45, 2.75) is 30.8 Å². The largest absolute Gasteiger partial charge is 0.329 e. The maximum absolute atomic E-state index is 11.7. The zero-order valence-electron chi connectivity index (χ0n) is 8.60. The van der Waals surface area contributed by atoms with Gasteiger partial charge < -0.3 is 5.73 Å². The molecule has 4 N–H and O–H groups in total. The van der Waals surface area contributed by atoms with Gasteiger partial charge in [0.2, 0.25) is 0 Å². The Balaban J connectivity index is 2.72. The van der Waals surface area contributed by atoms with Gasteiger partial charge in [0.05, 0.1) is 6.20 Å². The summed E-state index contributed by atoms with van der Waals surface area (Å²) in [5.41, 5.74) is 5.47. The normalized spacial score (nSPS) is 14.0. The second-order valence-corrected chi connectivity index (χ2v) is 4.95. The lowest BCUT2D eigenvalue weighted by Crippen LogP contribution is -2.40. The fraction of sp³-hybridized carbons (Fsp3) is 0.625. The van der Waals surface area contributed by atoms with Gasteiger partial charge in [-0.15, -0.1) is 0 Å². The van der Waals surface area contributed by atoms with Crippen molar-refractivity contribution in [3.05, 3.63) is 12.3 Å². The molecule has 1 heterocycles. The van der Waals surface area contributed by atoms with Crippen LogP contribution in [-0.4, -0.2) is 31.2 Å². The number of rotatable bonds is 6. The van der Waals surface area contributed by atoms with Crippen LogP contribution >= 0.6 is 0 Å². The summed E-state index contributed by atoms with van der Waals surface area (Å²) in [7, 11) is -3.50. The molecule has 0 saturated heterocycles. The summed E-state index contributed by atoms with van der Waals surface area (Å²) in [5, 5.41) is 6.07. The number of nitrogens with one attached hydrogen (secondary N) is 2. The van der Waals surface area contributed by atoms with Gasteiger partial charge in [-0.25, -0.2) is 13.1 Å².